The van der Waals surface area contributed by atoms with Gasteiger partial charge in [-0.05, 0) is 18.6 Å². The normalized spacial score (nSPS) is 10.5. The highest BCUT2D eigenvalue weighted by Crippen LogP contribution is 2.11. The first-order chi connectivity index (χ1) is 12.7. The maximum Gasteiger partial charge on any atom is 0.338 e. The number of ketones is 1. The van der Waals surface area contributed by atoms with Crippen molar-refractivity contribution < 1.29 is 23.8 Å². The van der Waals surface area contributed by atoms with Gasteiger partial charge in [-0.1, -0.05) is 49.4 Å². The second-order valence-corrected chi connectivity index (χ2v) is 5.63. The molecule has 2 aromatic carbocycles. The number of carbonyl (C=O) groups excluding carboxylic acids is 2. The Labute approximate surface area is 153 Å². The summed E-state index contributed by atoms with van der Waals surface area (Å²) >= 11 is 0. The number of hydrogen-bond acceptors (Lipinski definition) is 5. The van der Waals surface area contributed by atoms with Crippen molar-refractivity contribution in [3.05, 3.63) is 71.3 Å². The summed E-state index contributed by atoms with van der Waals surface area (Å²) in [5.41, 5.74) is 1.55. The Morgan fingerprint density at radius 3 is 1.88 bits per heavy atom. The van der Waals surface area contributed by atoms with Crippen LogP contribution in [0.1, 0.15) is 39.6 Å². The second kappa shape index (κ2) is 11.2. The Morgan fingerprint density at radius 1 is 0.692 bits per heavy atom. The largest absolute Gasteiger partial charge is 0.460 e. The molecule has 5 heteroatoms. The van der Waals surface area contributed by atoms with E-state index in [0.29, 0.717) is 36.5 Å². The molecule has 26 heavy (non-hydrogen) atoms. The van der Waals surface area contributed by atoms with E-state index < -0.39 is 5.97 Å². The van der Waals surface area contributed by atoms with Gasteiger partial charge in [0.2, 0.25) is 0 Å². The summed E-state index contributed by atoms with van der Waals surface area (Å²) in [6, 6.07) is 15.5. The highest BCUT2D eigenvalue weighted by Gasteiger charge is 2.11. The Bertz CT molecular complexity index is 679. The highest BCUT2D eigenvalue weighted by atomic mass is 16.6. The van der Waals surface area contributed by atoms with Gasteiger partial charge in [0, 0.05) is 17.7 Å². The van der Waals surface area contributed by atoms with Crippen LogP contribution in [0.2, 0.25) is 0 Å². The zero-order chi connectivity index (χ0) is 18.6. The van der Waals surface area contributed by atoms with Crippen molar-refractivity contribution in [2.24, 2.45) is 0 Å². The fraction of sp³-hybridized carbons (Fsp3) is 0.333. The van der Waals surface area contributed by atoms with E-state index in [-0.39, 0.29) is 12.4 Å². The van der Waals surface area contributed by atoms with Crippen LogP contribution in [-0.2, 0) is 14.2 Å². The number of benzene rings is 2. The molecule has 0 unspecified atom stereocenters. The standard InChI is InChI=1S/C21H24O5/c1-2-12-24-13-14-25-15-16-26-21(23)19-10-8-18(9-11-19)20(22)17-6-4-3-5-7-17/h3-11H,2,12-16H2,1H3. The zero-order valence-corrected chi connectivity index (χ0v) is 15.0. The summed E-state index contributed by atoms with van der Waals surface area (Å²) in [7, 11) is 0. The van der Waals surface area contributed by atoms with Gasteiger partial charge in [0.15, 0.2) is 5.78 Å². The molecule has 2 aromatic rings. The van der Waals surface area contributed by atoms with Crippen LogP contribution in [0.4, 0.5) is 0 Å². The maximum absolute atomic E-state index is 12.3. The molecule has 0 aliphatic rings. The Hall–Kier alpha value is -2.50. The second-order valence-electron chi connectivity index (χ2n) is 5.63. The molecular formula is C21H24O5. The van der Waals surface area contributed by atoms with E-state index in [1.807, 2.05) is 25.1 Å². The van der Waals surface area contributed by atoms with Crippen LogP contribution >= 0.6 is 0 Å². The number of hydrogen-bond donors (Lipinski definition) is 0. The van der Waals surface area contributed by atoms with Gasteiger partial charge < -0.3 is 14.2 Å². The fourth-order valence-corrected chi connectivity index (χ4v) is 2.26. The minimum absolute atomic E-state index is 0.0794. The van der Waals surface area contributed by atoms with E-state index in [2.05, 4.69) is 0 Å². The van der Waals surface area contributed by atoms with Crippen molar-refractivity contribution in [2.45, 2.75) is 13.3 Å². The Morgan fingerprint density at radius 2 is 1.23 bits per heavy atom. The molecule has 0 radical (unpaired) electrons. The van der Waals surface area contributed by atoms with Crippen molar-refractivity contribution in [2.75, 3.05) is 33.0 Å². The molecule has 5 nitrogen and oxygen atoms in total. The van der Waals surface area contributed by atoms with Crippen LogP contribution in [0.25, 0.3) is 0 Å². The first-order valence-electron chi connectivity index (χ1n) is 8.74. The fourth-order valence-electron chi connectivity index (χ4n) is 2.26. The van der Waals surface area contributed by atoms with Crippen molar-refractivity contribution in [1.82, 2.24) is 0 Å². The topological polar surface area (TPSA) is 61.8 Å². The molecule has 0 amide bonds. The van der Waals surface area contributed by atoms with Gasteiger partial charge in [0.25, 0.3) is 0 Å². The molecule has 2 rings (SSSR count). The van der Waals surface area contributed by atoms with Gasteiger partial charge in [-0.25, -0.2) is 4.79 Å². The molecule has 0 spiro atoms. The van der Waals surface area contributed by atoms with Gasteiger partial charge in [-0.2, -0.15) is 0 Å². The molecule has 138 valence electrons. The molecule has 0 N–H and O–H groups in total. The highest BCUT2D eigenvalue weighted by molar-refractivity contribution is 6.09. The lowest BCUT2D eigenvalue weighted by Gasteiger charge is -2.07. The Kier molecular flexibility index (Phi) is 8.52. The molecule has 0 atom stereocenters. The van der Waals surface area contributed by atoms with Crippen molar-refractivity contribution in [1.29, 1.82) is 0 Å². The van der Waals surface area contributed by atoms with Gasteiger partial charge in [-0.15, -0.1) is 0 Å². The van der Waals surface area contributed by atoms with E-state index in [1.165, 1.54) is 0 Å². The molecule has 0 fully saturated rings. The quantitative estimate of drug-likeness (QED) is 0.350. The average molecular weight is 356 g/mol. The minimum Gasteiger partial charge on any atom is -0.460 e. The van der Waals surface area contributed by atoms with Crippen molar-refractivity contribution >= 4 is 11.8 Å². The van der Waals surface area contributed by atoms with E-state index in [4.69, 9.17) is 14.2 Å². The lowest BCUT2D eigenvalue weighted by molar-refractivity contribution is 0.0147. The van der Waals surface area contributed by atoms with Crippen LogP contribution in [0.15, 0.2) is 54.6 Å². The van der Waals surface area contributed by atoms with Crippen molar-refractivity contribution in [3.63, 3.8) is 0 Å². The third-order valence-electron chi connectivity index (χ3n) is 3.60. The molecule has 0 aliphatic heterocycles. The summed E-state index contributed by atoms with van der Waals surface area (Å²) in [6.45, 7) is 4.29. The minimum atomic E-state index is -0.436. The lowest BCUT2D eigenvalue weighted by Crippen LogP contribution is -2.13. The Balaban J connectivity index is 1.74. The predicted molar refractivity (Wildman–Crippen MR) is 98.5 cm³/mol. The molecule has 0 saturated heterocycles. The molecule has 0 aromatic heterocycles. The van der Waals surface area contributed by atoms with Crippen molar-refractivity contribution in [3.8, 4) is 0 Å². The molecular weight excluding hydrogens is 332 g/mol. The lowest BCUT2D eigenvalue weighted by atomic mass is 10.0. The summed E-state index contributed by atoms with van der Waals surface area (Å²) in [5, 5.41) is 0. The first kappa shape index (κ1) is 19.8. The van der Waals surface area contributed by atoms with Gasteiger partial charge in [-0.3, -0.25) is 4.79 Å². The molecule has 0 aliphatic carbocycles. The predicted octanol–water partition coefficient (Wildman–Crippen LogP) is 3.52. The van der Waals surface area contributed by atoms with E-state index in [1.54, 1.807) is 36.4 Å². The van der Waals surface area contributed by atoms with Gasteiger partial charge in [0.1, 0.15) is 6.61 Å². The smallest absolute Gasteiger partial charge is 0.338 e. The molecule has 0 heterocycles. The number of ether oxygens (including phenoxy) is 3. The molecule has 0 bridgehead atoms. The average Bonchev–Trinajstić information content (AvgIpc) is 2.70. The van der Waals surface area contributed by atoms with E-state index in [9.17, 15) is 9.59 Å². The van der Waals surface area contributed by atoms with E-state index >= 15 is 0 Å². The summed E-state index contributed by atoms with van der Waals surface area (Å²) < 4.78 is 15.8. The number of esters is 1. The first-order valence-corrected chi connectivity index (χ1v) is 8.74. The maximum atomic E-state index is 12.3. The van der Waals surface area contributed by atoms with Crippen LogP contribution < -0.4 is 0 Å². The summed E-state index contributed by atoms with van der Waals surface area (Å²) in [6.07, 6.45) is 0.980. The summed E-state index contributed by atoms with van der Waals surface area (Å²) in [4.78, 5) is 24.3. The monoisotopic (exact) mass is 356 g/mol. The third-order valence-corrected chi connectivity index (χ3v) is 3.60. The number of rotatable bonds is 11. The van der Waals surface area contributed by atoms with Crippen LogP contribution in [0, 0.1) is 0 Å². The number of carbonyl (C=O) groups is 2. The van der Waals surface area contributed by atoms with Crippen LogP contribution in [-0.4, -0.2) is 44.8 Å². The summed E-state index contributed by atoms with van der Waals surface area (Å²) in [5.74, 6) is -0.515. The SMILES string of the molecule is CCCOCCOCCOC(=O)c1ccc(C(=O)c2ccccc2)cc1. The third kappa shape index (κ3) is 6.43. The van der Waals surface area contributed by atoms with Gasteiger partial charge >= 0.3 is 5.97 Å². The molecule has 0 saturated carbocycles. The zero-order valence-electron chi connectivity index (χ0n) is 15.0. The van der Waals surface area contributed by atoms with Crippen LogP contribution in [0.5, 0.6) is 0 Å². The van der Waals surface area contributed by atoms with Crippen LogP contribution in [0.3, 0.4) is 0 Å². The van der Waals surface area contributed by atoms with E-state index in [0.717, 1.165) is 13.0 Å². The van der Waals surface area contributed by atoms with Gasteiger partial charge in [0.05, 0.1) is 25.4 Å².